The first-order valence-electron chi connectivity index (χ1n) is 6.15. The van der Waals surface area contributed by atoms with E-state index in [4.69, 9.17) is 14.6 Å². The lowest BCUT2D eigenvalue weighted by atomic mass is 9.93. The lowest BCUT2D eigenvalue weighted by Gasteiger charge is -2.20. The van der Waals surface area contributed by atoms with Crippen LogP contribution in [0.4, 0.5) is 0 Å². The smallest absolute Gasteiger partial charge is 0.304 e. The van der Waals surface area contributed by atoms with Crippen molar-refractivity contribution in [2.45, 2.75) is 20.3 Å². The minimum atomic E-state index is -0.976. The molecule has 0 saturated carbocycles. The summed E-state index contributed by atoms with van der Waals surface area (Å²) in [7, 11) is 0. The number of carbonyl (C=O) groups is 2. The van der Waals surface area contributed by atoms with Crippen molar-refractivity contribution in [3.63, 3.8) is 0 Å². The van der Waals surface area contributed by atoms with E-state index in [1.165, 1.54) is 0 Å². The van der Waals surface area contributed by atoms with Gasteiger partial charge < -0.3 is 14.6 Å². The Morgan fingerprint density at radius 3 is 2.42 bits per heavy atom. The Bertz CT molecular complexity index is 521. The van der Waals surface area contributed by atoms with E-state index in [0.717, 1.165) is 5.56 Å². The lowest BCUT2D eigenvalue weighted by molar-refractivity contribution is -0.137. The SMILES string of the molecule is Cc1cc2c(cc1C(=O)C(C)CC(=O)O)OCCO2. The van der Waals surface area contributed by atoms with Gasteiger partial charge in [-0.3, -0.25) is 9.59 Å². The number of aliphatic carboxylic acids is 1. The normalized spacial score (nSPS) is 14.8. The number of Topliss-reactive ketones (excluding diaryl/α,β-unsaturated/α-hetero) is 1. The maximum absolute atomic E-state index is 12.2. The first-order valence-corrected chi connectivity index (χ1v) is 6.15. The van der Waals surface area contributed by atoms with E-state index in [1.807, 2.05) is 0 Å². The predicted octanol–water partition coefficient (Wildman–Crippen LogP) is 2.06. The molecule has 1 aliphatic rings. The molecule has 5 nitrogen and oxygen atoms in total. The van der Waals surface area contributed by atoms with Gasteiger partial charge in [-0.2, -0.15) is 0 Å². The van der Waals surface area contributed by atoms with Crippen molar-refractivity contribution in [1.82, 2.24) is 0 Å². The molecule has 5 heteroatoms. The van der Waals surface area contributed by atoms with Gasteiger partial charge in [0.25, 0.3) is 0 Å². The average Bonchev–Trinajstić information content (AvgIpc) is 2.36. The number of ketones is 1. The van der Waals surface area contributed by atoms with Crippen molar-refractivity contribution in [2.75, 3.05) is 13.2 Å². The van der Waals surface area contributed by atoms with Gasteiger partial charge in [-0.15, -0.1) is 0 Å². The third kappa shape index (κ3) is 2.86. The van der Waals surface area contributed by atoms with Crippen LogP contribution < -0.4 is 9.47 Å². The molecule has 0 fully saturated rings. The zero-order chi connectivity index (χ0) is 14.0. The summed E-state index contributed by atoms with van der Waals surface area (Å²) in [6, 6.07) is 3.40. The molecule has 0 radical (unpaired) electrons. The van der Waals surface area contributed by atoms with Gasteiger partial charge in [0.05, 0.1) is 6.42 Å². The van der Waals surface area contributed by atoms with E-state index in [0.29, 0.717) is 30.3 Å². The van der Waals surface area contributed by atoms with Crippen LogP contribution in [0, 0.1) is 12.8 Å². The van der Waals surface area contributed by atoms with Crippen molar-refractivity contribution in [3.8, 4) is 11.5 Å². The fourth-order valence-electron chi connectivity index (χ4n) is 2.08. The van der Waals surface area contributed by atoms with Gasteiger partial charge in [-0.05, 0) is 24.6 Å². The third-order valence-electron chi connectivity index (χ3n) is 3.08. The molecule has 1 N–H and O–H groups in total. The maximum atomic E-state index is 12.2. The Labute approximate surface area is 111 Å². The molecule has 0 bridgehead atoms. The molecule has 1 heterocycles. The molecular formula is C14H16O5. The zero-order valence-corrected chi connectivity index (χ0v) is 10.9. The van der Waals surface area contributed by atoms with Gasteiger partial charge in [0.15, 0.2) is 17.3 Å². The van der Waals surface area contributed by atoms with Crippen LogP contribution in [0.3, 0.4) is 0 Å². The Morgan fingerprint density at radius 2 is 1.84 bits per heavy atom. The standard InChI is InChI=1S/C14H16O5/c1-8-5-11-12(19-4-3-18-11)7-10(8)14(17)9(2)6-13(15)16/h5,7,9H,3-4,6H2,1-2H3,(H,15,16). The van der Waals surface area contributed by atoms with Crippen LogP contribution in [0.1, 0.15) is 29.3 Å². The summed E-state index contributed by atoms with van der Waals surface area (Å²) < 4.78 is 10.9. The average molecular weight is 264 g/mol. The molecule has 0 amide bonds. The van der Waals surface area contributed by atoms with E-state index in [9.17, 15) is 9.59 Å². The van der Waals surface area contributed by atoms with Crippen molar-refractivity contribution >= 4 is 11.8 Å². The van der Waals surface area contributed by atoms with Crippen molar-refractivity contribution in [3.05, 3.63) is 23.3 Å². The van der Waals surface area contributed by atoms with E-state index < -0.39 is 11.9 Å². The monoisotopic (exact) mass is 264 g/mol. The second-order valence-electron chi connectivity index (χ2n) is 4.67. The molecule has 1 aliphatic heterocycles. The Balaban J connectivity index is 2.29. The van der Waals surface area contributed by atoms with Crippen LogP contribution in [-0.2, 0) is 4.79 Å². The fraction of sp³-hybridized carbons (Fsp3) is 0.429. The van der Waals surface area contributed by atoms with Crippen LogP contribution >= 0.6 is 0 Å². The molecule has 0 aromatic heterocycles. The molecule has 0 aliphatic carbocycles. The Hall–Kier alpha value is -2.04. The van der Waals surface area contributed by atoms with Crippen LogP contribution in [0.15, 0.2) is 12.1 Å². The second kappa shape index (κ2) is 5.30. The Kier molecular flexibility index (Phi) is 3.74. The molecule has 102 valence electrons. The van der Waals surface area contributed by atoms with Gasteiger partial charge in [0.2, 0.25) is 0 Å². The summed E-state index contributed by atoms with van der Waals surface area (Å²) >= 11 is 0. The van der Waals surface area contributed by atoms with Crippen LogP contribution in [-0.4, -0.2) is 30.1 Å². The summed E-state index contributed by atoms with van der Waals surface area (Å²) in [6.07, 6.45) is -0.174. The molecule has 19 heavy (non-hydrogen) atoms. The van der Waals surface area contributed by atoms with E-state index in [2.05, 4.69) is 0 Å². The molecular weight excluding hydrogens is 248 g/mol. The molecule has 1 atom stereocenters. The van der Waals surface area contributed by atoms with E-state index >= 15 is 0 Å². The van der Waals surface area contributed by atoms with Crippen molar-refractivity contribution in [2.24, 2.45) is 5.92 Å². The van der Waals surface area contributed by atoms with Gasteiger partial charge in [0, 0.05) is 11.5 Å². The number of hydrogen-bond acceptors (Lipinski definition) is 4. The first kappa shape index (κ1) is 13.4. The van der Waals surface area contributed by atoms with E-state index in [1.54, 1.807) is 26.0 Å². The molecule has 2 rings (SSSR count). The number of hydrogen-bond donors (Lipinski definition) is 1. The lowest BCUT2D eigenvalue weighted by Crippen LogP contribution is -2.19. The minimum absolute atomic E-state index is 0.174. The summed E-state index contributed by atoms with van der Waals surface area (Å²) in [5.74, 6) is -0.541. The Morgan fingerprint density at radius 1 is 1.26 bits per heavy atom. The van der Waals surface area contributed by atoms with Crippen LogP contribution in [0.2, 0.25) is 0 Å². The highest BCUT2D eigenvalue weighted by molar-refractivity contribution is 6.00. The predicted molar refractivity (Wildman–Crippen MR) is 67.9 cm³/mol. The van der Waals surface area contributed by atoms with Crippen LogP contribution in [0.25, 0.3) is 0 Å². The highest BCUT2D eigenvalue weighted by atomic mass is 16.6. The number of benzene rings is 1. The van der Waals surface area contributed by atoms with Crippen molar-refractivity contribution < 1.29 is 24.2 Å². The molecule has 0 saturated heterocycles. The number of carboxylic acids is 1. The number of ether oxygens (including phenoxy) is 2. The first-order chi connectivity index (χ1) is 8.99. The summed E-state index contributed by atoms with van der Waals surface area (Å²) in [4.78, 5) is 22.9. The fourth-order valence-corrected chi connectivity index (χ4v) is 2.08. The highest BCUT2D eigenvalue weighted by Crippen LogP contribution is 2.34. The molecule has 0 spiro atoms. The molecule has 1 aromatic carbocycles. The van der Waals surface area contributed by atoms with Gasteiger partial charge >= 0.3 is 5.97 Å². The number of carbonyl (C=O) groups excluding carboxylic acids is 1. The third-order valence-corrected chi connectivity index (χ3v) is 3.08. The van der Waals surface area contributed by atoms with Gasteiger partial charge in [-0.1, -0.05) is 6.92 Å². The topological polar surface area (TPSA) is 72.8 Å². The number of rotatable bonds is 4. The number of aryl methyl sites for hydroxylation is 1. The molecule has 1 aromatic rings. The molecule has 1 unspecified atom stereocenters. The maximum Gasteiger partial charge on any atom is 0.304 e. The van der Waals surface area contributed by atoms with Gasteiger partial charge in [0.1, 0.15) is 13.2 Å². The summed E-state index contributed by atoms with van der Waals surface area (Å²) in [5, 5.41) is 8.74. The van der Waals surface area contributed by atoms with Gasteiger partial charge in [-0.25, -0.2) is 0 Å². The second-order valence-corrected chi connectivity index (χ2v) is 4.67. The highest BCUT2D eigenvalue weighted by Gasteiger charge is 2.23. The summed E-state index contributed by atoms with van der Waals surface area (Å²) in [6.45, 7) is 4.37. The largest absolute Gasteiger partial charge is 0.486 e. The van der Waals surface area contributed by atoms with Crippen molar-refractivity contribution in [1.29, 1.82) is 0 Å². The van der Waals surface area contributed by atoms with Crippen LogP contribution in [0.5, 0.6) is 11.5 Å². The number of carboxylic acid groups (broad SMARTS) is 1. The summed E-state index contributed by atoms with van der Waals surface area (Å²) in [5.41, 5.74) is 1.27. The number of fused-ring (bicyclic) bond motifs is 1. The zero-order valence-electron chi connectivity index (χ0n) is 10.9. The minimum Gasteiger partial charge on any atom is -0.486 e. The quantitative estimate of drug-likeness (QED) is 0.843. The van der Waals surface area contributed by atoms with E-state index in [-0.39, 0.29) is 12.2 Å².